The average Bonchev–Trinajstić information content (AvgIpc) is 2.53. The number of carbonyl (C=O) groups excluding carboxylic acids is 1. The fourth-order valence-electron chi connectivity index (χ4n) is 2.38. The Morgan fingerprint density at radius 1 is 0.952 bits per heavy atom. The van der Waals surface area contributed by atoms with Gasteiger partial charge in [-0.15, -0.1) is 0 Å². The summed E-state index contributed by atoms with van der Waals surface area (Å²) in [5.41, 5.74) is 0.546. The lowest BCUT2D eigenvalue weighted by Gasteiger charge is -2.08. The number of ether oxygens (including phenoxy) is 1. The fraction of sp³-hybridized carbons (Fsp3) is 0.0556. The van der Waals surface area contributed by atoms with Gasteiger partial charge in [-0.3, -0.25) is 4.79 Å². The van der Waals surface area contributed by atoms with E-state index in [1.807, 2.05) is 30.3 Å². The third-order valence-electron chi connectivity index (χ3n) is 3.46. The molecule has 3 aromatic carbocycles. The molecule has 0 amide bonds. The summed E-state index contributed by atoms with van der Waals surface area (Å²) in [5.74, 6) is -0.513. The maximum absolute atomic E-state index is 14.1. The molecule has 3 aromatic rings. The minimum absolute atomic E-state index is 0.0483. The Bertz CT molecular complexity index is 819. The van der Waals surface area contributed by atoms with E-state index < -0.39 is 5.82 Å². The van der Waals surface area contributed by atoms with Crippen LogP contribution in [-0.2, 0) is 0 Å². The topological polar surface area (TPSA) is 26.3 Å². The monoisotopic (exact) mass is 280 g/mol. The lowest BCUT2D eigenvalue weighted by atomic mass is 9.97. The summed E-state index contributed by atoms with van der Waals surface area (Å²) in [6.45, 7) is 0. The van der Waals surface area contributed by atoms with E-state index in [1.165, 1.54) is 19.2 Å². The van der Waals surface area contributed by atoms with Crippen LogP contribution >= 0.6 is 0 Å². The Morgan fingerprint density at radius 3 is 2.48 bits per heavy atom. The van der Waals surface area contributed by atoms with E-state index in [0.717, 1.165) is 10.8 Å². The normalized spacial score (nSPS) is 10.6. The number of rotatable bonds is 3. The van der Waals surface area contributed by atoms with Crippen LogP contribution in [0.3, 0.4) is 0 Å². The first-order valence-corrected chi connectivity index (χ1v) is 6.56. The van der Waals surface area contributed by atoms with Crippen LogP contribution in [0.25, 0.3) is 10.8 Å². The van der Waals surface area contributed by atoms with Crippen molar-refractivity contribution >= 4 is 16.6 Å². The van der Waals surface area contributed by atoms with Gasteiger partial charge in [0.15, 0.2) is 5.78 Å². The summed E-state index contributed by atoms with van der Waals surface area (Å²) < 4.78 is 19.0. The fourth-order valence-corrected chi connectivity index (χ4v) is 2.38. The Kier molecular flexibility index (Phi) is 3.40. The highest BCUT2D eigenvalue weighted by Gasteiger charge is 2.16. The molecular formula is C18H13FO2. The van der Waals surface area contributed by atoms with E-state index in [9.17, 15) is 9.18 Å². The number of hydrogen-bond donors (Lipinski definition) is 0. The van der Waals surface area contributed by atoms with Crippen LogP contribution in [0.15, 0.2) is 60.7 Å². The smallest absolute Gasteiger partial charge is 0.196 e. The SMILES string of the molecule is COc1ccc(C(=O)c2cccc3ccccc23)c(F)c1. The summed E-state index contributed by atoms with van der Waals surface area (Å²) in [6, 6.07) is 17.3. The second kappa shape index (κ2) is 5.37. The van der Waals surface area contributed by atoms with Crippen LogP contribution in [-0.4, -0.2) is 12.9 Å². The molecule has 0 atom stereocenters. The zero-order chi connectivity index (χ0) is 14.8. The Hall–Kier alpha value is -2.68. The molecule has 0 bridgehead atoms. The van der Waals surface area contributed by atoms with Crippen LogP contribution in [0.2, 0.25) is 0 Å². The molecule has 0 radical (unpaired) electrons. The molecule has 0 fully saturated rings. The number of carbonyl (C=O) groups is 1. The van der Waals surface area contributed by atoms with Crippen molar-refractivity contribution in [2.24, 2.45) is 0 Å². The van der Waals surface area contributed by atoms with Crippen LogP contribution < -0.4 is 4.74 Å². The van der Waals surface area contributed by atoms with Gasteiger partial charge in [-0.1, -0.05) is 42.5 Å². The summed E-state index contributed by atoms with van der Waals surface area (Å²) in [7, 11) is 1.46. The van der Waals surface area contributed by atoms with Gasteiger partial charge in [-0.25, -0.2) is 4.39 Å². The van der Waals surface area contributed by atoms with Crippen LogP contribution in [0, 0.1) is 5.82 Å². The van der Waals surface area contributed by atoms with Crippen molar-refractivity contribution in [1.29, 1.82) is 0 Å². The number of hydrogen-bond acceptors (Lipinski definition) is 2. The molecule has 0 heterocycles. The van der Waals surface area contributed by atoms with Gasteiger partial charge in [0.2, 0.25) is 0 Å². The molecular weight excluding hydrogens is 267 g/mol. The van der Waals surface area contributed by atoms with Crippen LogP contribution in [0.1, 0.15) is 15.9 Å². The van der Waals surface area contributed by atoms with E-state index in [4.69, 9.17) is 4.74 Å². The second-order valence-corrected chi connectivity index (χ2v) is 4.70. The highest BCUT2D eigenvalue weighted by Crippen LogP contribution is 2.24. The van der Waals surface area contributed by atoms with Gasteiger partial charge in [-0.2, -0.15) is 0 Å². The third kappa shape index (κ3) is 2.38. The number of benzene rings is 3. The van der Waals surface area contributed by atoms with Crippen LogP contribution in [0.4, 0.5) is 4.39 Å². The molecule has 0 spiro atoms. The minimum atomic E-state index is -0.577. The van der Waals surface area contributed by atoms with Gasteiger partial charge in [0, 0.05) is 11.6 Å². The van der Waals surface area contributed by atoms with Gasteiger partial charge < -0.3 is 4.74 Å². The molecule has 0 aliphatic carbocycles. The van der Waals surface area contributed by atoms with E-state index in [1.54, 1.807) is 18.2 Å². The minimum Gasteiger partial charge on any atom is -0.497 e. The van der Waals surface area contributed by atoms with Gasteiger partial charge in [0.05, 0.1) is 12.7 Å². The lowest BCUT2D eigenvalue weighted by Crippen LogP contribution is -2.05. The molecule has 3 heteroatoms. The number of methoxy groups -OCH3 is 1. The van der Waals surface area contributed by atoms with E-state index in [0.29, 0.717) is 11.3 Å². The maximum atomic E-state index is 14.1. The predicted octanol–water partition coefficient (Wildman–Crippen LogP) is 4.22. The molecule has 104 valence electrons. The highest BCUT2D eigenvalue weighted by atomic mass is 19.1. The predicted molar refractivity (Wildman–Crippen MR) is 80.3 cm³/mol. The molecule has 0 unspecified atom stereocenters. The molecule has 0 aliphatic heterocycles. The van der Waals surface area contributed by atoms with Crippen molar-refractivity contribution < 1.29 is 13.9 Å². The van der Waals surface area contributed by atoms with Crippen molar-refractivity contribution in [3.8, 4) is 5.75 Å². The summed E-state index contributed by atoms with van der Waals surface area (Å²) in [4.78, 5) is 12.6. The highest BCUT2D eigenvalue weighted by molar-refractivity contribution is 6.16. The number of ketones is 1. The molecule has 0 N–H and O–H groups in total. The van der Waals surface area contributed by atoms with E-state index in [-0.39, 0.29) is 11.3 Å². The van der Waals surface area contributed by atoms with Crippen molar-refractivity contribution in [1.82, 2.24) is 0 Å². The Balaban J connectivity index is 2.13. The largest absolute Gasteiger partial charge is 0.497 e. The summed E-state index contributed by atoms with van der Waals surface area (Å²) in [5, 5.41) is 1.78. The quantitative estimate of drug-likeness (QED) is 0.671. The van der Waals surface area contributed by atoms with Crippen molar-refractivity contribution in [3.63, 3.8) is 0 Å². The van der Waals surface area contributed by atoms with Gasteiger partial charge in [0.1, 0.15) is 11.6 Å². The first kappa shape index (κ1) is 13.3. The zero-order valence-electron chi connectivity index (χ0n) is 11.5. The summed E-state index contributed by atoms with van der Waals surface area (Å²) in [6.07, 6.45) is 0. The third-order valence-corrected chi connectivity index (χ3v) is 3.46. The molecule has 2 nitrogen and oxygen atoms in total. The average molecular weight is 280 g/mol. The zero-order valence-corrected chi connectivity index (χ0v) is 11.5. The molecule has 0 aromatic heterocycles. The van der Waals surface area contributed by atoms with Crippen LogP contribution in [0.5, 0.6) is 5.75 Å². The Morgan fingerprint density at radius 2 is 1.71 bits per heavy atom. The van der Waals surface area contributed by atoms with Crippen molar-refractivity contribution in [2.75, 3.05) is 7.11 Å². The second-order valence-electron chi connectivity index (χ2n) is 4.70. The van der Waals surface area contributed by atoms with Gasteiger partial charge in [-0.05, 0) is 22.9 Å². The molecule has 0 aliphatic rings. The standard InChI is InChI=1S/C18H13FO2/c1-21-13-9-10-16(17(19)11-13)18(20)15-8-4-6-12-5-2-3-7-14(12)15/h2-11H,1H3. The van der Waals surface area contributed by atoms with E-state index >= 15 is 0 Å². The van der Waals surface area contributed by atoms with Gasteiger partial charge in [0.25, 0.3) is 0 Å². The number of halogens is 1. The maximum Gasteiger partial charge on any atom is 0.196 e. The Labute approximate surface area is 121 Å². The van der Waals surface area contributed by atoms with E-state index in [2.05, 4.69) is 0 Å². The summed E-state index contributed by atoms with van der Waals surface area (Å²) >= 11 is 0. The molecule has 0 saturated heterocycles. The molecule has 3 rings (SSSR count). The van der Waals surface area contributed by atoms with Gasteiger partial charge >= 0.3 is 0 Å². The molecule has 0 saturated carbocycles. The van der Waals surface area contributed by atoms with Crippen molar-refractivity contribution in [2.45, 2.75) is 0 Å². The first-order chi connectivity index (χ1) is 10.2. The number of fused-ring (bicyclic) bond motifs is 1. The van der Waals surface area contributed by atoms with Crippen molar-refractivity contribution in [3.05, 3.63) is 77.6 Å². The molecule has 21 heavy (non-hydrogen) atoms. The first-order valence-electron chi connectivity index (χ1n) is 6.56. The lowest BCUT2D eigenvalue weighted by molar-refractivity contribution is 0.103.